The minimum absolute atomic E-state index is 0.0186. The van der Waals surface area contributed by atoms with Crippen LogP contribution in [0.1, 0.15) is 30.5 Å². The zero-order valence-corrected chi connectivity index (χ0v) is 26.8. The Kier molecular flexibility index (Phi) is 12.1. The maximum absolute atomic E-state index is 13.8. The van der Waals surface area contributed by atoms with Crippen LogP contribution in [-0.2, 0) is 38.7 Å². The second kappa shape index (κ2) is 16.4. The normalized spacial score (nSPS) is 12.1. The SMILES string of the molecule is CC(C)[C@H](NC(=O)[C@@H](N)Cc1ccc(NC(=O)OCc2ccccc2)cc1)C(=O)N(C(=O)OCc1ccccc1)c1n[nH]c(=S)s1. The lowest BCUT2D eigenvalue weighted by atomic mass is 10.0. The van der Waals surface area contributed by atoms with Crippen molar-refractivity contribution < 1.29 is 28.7 Å². The van der Waals surface area contributed by atoms with Crippen LogP contribution in [0.4, 0.5) is 20.4 Å². The van der Waals surface area contributed by atoms with E-state index in [9.17, 15) is 19.2 Å². The summed E-state index contributed by atoms with van der Waals surface area (Å²) in [6.07, 6.45) is -1.42. The molecule has 4 rings (SSSR count). The number of carbonyl (C=O) groups is 4. The molecule has 5 N–H and O–H groups in total. The quantitative estimate of drug-likeness (QED) is 0.147. The Labute approximate surface area is 274 Å². The van der Waals surface area contributed by atoms with E-state index in [2.05, 4.69) is 20.8 Å². The van der Waals surface area contributed by atoms with Crippen LogP contribution >= 0.6 is 23.6 Å². The van der Waals surface area contributed by atoms with Crippen LogP contribution in [0.25, 0.3) is 0 Å². The summed E-state index contributed by atoms with van der Waals surface area (Å²) in [6, 6.07) is 22.9. The fourth-order valence-electron chi connectivity index (χ4n) is 4.22. The number of aromatic nitrogens is 2. The lowest BCUT2D eigenvalue weighted by Gasteiger charge is -2.27. The van der Waals surface area contributed by atoms with E-state index in [0.29, 0.717) is 5.69 Å². The number of amides is 4. The number of carbonyl (C=O) groups excluding carboxylic acids is 4. The number of hydrogen-bond acceptors (Lipinski definition) is 10. The van der Waals surface area contributed by atoms with E-state index >= 15 is 0 Å². The first-order chi connectivity index (χ1) is 22.1. The van der Waals surface area contributed by atoms with E-state index in [1.807, 2.05) is 36.4 Å². The summed E-state index contributed by atoms with van der Waals surface area (Å²) in [5.41, 5.74) is 9.05. The Morgan fingerprint density at radius 2 is 1.48 bits per heavy atom. The average Bonchev–Trinajstić information content (AvgIpc) is 3.48. The van der Waals surface area contributed by atoms with Gasteiger partial charge in [0, 0.05) is 5.69 Å². The third-order valence-electron chi connectivity index (χ3n) is 6.66. The smallest absolute Gasteiger partial charge is 0.423 e. The minimum atomic E-state index is -1.13. The van der Waals surface area contributed by atoms with E-state index in [1.54, 1.807) is 62.4 Å². The van der Waals surface area contributed by atoms with Gasteiger partial charge in [0.1, 0.15) is 19.3 Å². The lowest BCUT2D eigenvalue weighted by Crippen LogP contribution is -2.56. The first-order valence-corrected chi connectivity index (χ1v) is 15.6. The molecule has 240 valence electrons. The number of aromatic amines is 1. The van der Waals surface area contributed by atoms with Gasteiger partial charge in [-0.05, 0) is 53.4 Å². The molecule has 0 spiro atoms. The van der Waals surface area contributed by atoms with E-state index < -0.39 is 42.0 Å². The number of imide groups is 1. The van der Waals surface area contributed by atoms with Crippen molar-refractivity contribution in [1.82, 2.24) is 15.5 Å². The molecule has 0 fully saturated rings. The minimum Gasteiger partial charge on any atom is -0.444 e. The molecule has 1 aromatic heterocycles. The van der Waals surface area contributed by atoms with Gasteiger partial charge in [0.15, 0.2) is 3.95 Å². The Bertz CT molecular complexity index is 1680. The van der Waals surface area contributed by atoms with Crippen LogP contribution < -0.4 is 21.3 Å². The number of nitrogens with zero attached hydrogens (tertiary/aromatic N) is 2. The molecule has 0 aliphatic carbocycles. The summed E-state index contributed by atoms with van der Waals surface area (Å²) >= 11 is 6.02. The zero-order valence-electron chi connectivity index (χ0n) is 25.2. The fraction of sp³-hybridized carbons (Fsp3) is 0.250. The summed E-state index contributed by atoms with van der Waals surface area (Å²) in [5.74, 6) is -1.76. The van der Waals surface area contributed by atoms with E-state index in [1.165, 1.54) is 0 Å². The molecule has 1 heterocycles. The number of nitrogens with one attached hydrogen (secondary N) is 3. The number of benzene rings is 3. The Balaban J connectivity index is 1.36. The van der Waals surface area contributed by atoms with Gasteiger partial charge in [0.05, 0.1) is 6.04 Å². The highest BCUT2D eigenvalue weighted by Crippen LogP contribution is 2.22. The lowest BCUT2D eigenvalue weighted by molar-refractivity contribution is -0.129. The largest absolute Gasteiger partial charge is 0.444 e. The van der Waals surface area contributed by atoms with E-state index in [4.69, 9.17) is 27.4 Å². The molecule has 2 atom stereocenters. The predicted molar refractivity (Wildman–Crippen MR) is 177 cm³/mol. The average molecular weight is 663 g/mol. The van der Waals surface area contributed by atoms with Crippen LogP contribution in [0.3, 0.4) is 0 Å². The van der Waals surface area contributed by atoms with Crippen LogP contribution in [0.15, 0.2) is 84.9 Å². The summed E-state index contributed by atoms with van der Waals surface area (Å²) in [6.45, 7) is 3.51. The van der Waals surface area contributed by atoms with Crippen molar-refractivity contribution in [3.05, 3.63) is 106 Å². The van der Waals surface area contributed by atoms with E-state index in [-0.39, 0.29) is 28.7 Å². The van der Waals surface area contributed by atoms with Gasteiger partial charge in [-0.1, -0.05) is 98.0 Å². The highest BCUT2D eigenvalue weighted by molar-refractivity contribution is 7.73. The van der Waals surface area contributed by atoms with Gasteiger partial charge in [-0.25, -0.2) is 9.59 Å². The highest BCUT2D eigenvalue weighted by atomic mass is 32.1. The second-order valence-corrected chi connectivity index (χ2v) is 12.2. The van der Waals surface area contributed by atoms with Gasteiger partial charge in [0.2, 0.25) is 11.0 Å². The first-order valence-electron chi connectivity index (χ1n) is 14.3. The van der Waals surface area contributed by atoms with Gasteiger partial charge in [-0.2, -0.15) is 4.90 Å². The standard InChI is InChI=1S/C32H34N6O6S2/c1-20(2)26(28(40)38(29-36-37-31(45)46-29)32(42)44-19-23-11-7-4-8-12-23)35-27(39)25(33)17-21-13-15-24(16-14-21)34-30(41)43-18-22-9-5-3-6-10-22/h3-16,20,25-26H,17-19,33H2,1-2H3,(H,34,41)(H,35,39)(H,37,45)/t25-,26-/m0/s1. The maximum Gasteiger partial charge on any atom is 0.423 e. The van der Waals surface area contributed by atoms with Gasteiger partial charge >= 0.3 is 12.2 Å². The predicted octanol–water partition coefficient (Wildman–Crippen LogP) is 5.33. The molecule has 0 aliphatic heterocycles. The molecule has 0 aliphatic rings. The van der Waals surface area contributed by atoms with Crippen LogP contribution in [0, 0.1) is 9.87 Å². The number of H-pyrrole nitrogens is 1. The van der Waals surface area contributed by atoms with Gasteiger partial charge < -0.3 is 20.5 Å². The summed E-state index contributed by atoms with van der Waals surface area (Å²) in [5, 5.41) is 11.9. The van der Waals surface area contributed by atoms with Crippen molar-refractivity contribution in [1.29, 1.82) is 0 Å². The Morgan fingerprint density at radius 3 is 2.02 bits per heavy atom. The highest BCUT2D eigenvalue weighted by Gasteiger charge is 2.36. The number of nitrogens with two attached hydrogens (primary N) is 1. The van der Waals surface area contributed by atoms with Crippen LogP contribution in [0.2, 0.25) is 0 Å². The molecule has 0 saturated carbocycles. The number of ether oxygens (including phenoxy) is 2. The summed E-state index contributed by atoms with van der Waals surface area (Å²) < 4.78 is 10.9. The molecule has 12 nitrogen and oxygen atoms in total. The zero-order chi connectivity index (χ0) is 33.1. The van der Waals surface area contributed by atoms with Gasteiger partial charge in [0.25, 0.3) is 5.91 Å². The van der Waals surface area contributed by atoms with Crippen molar-refractivity contribution in [2.45, 2.75) is 45.6 Å². The van der Waals surface area contributed by atoms with Crippen LogP contribution in [0.5, 0.6) is 0 Å². The molecule has 14 heteroatoms. The van der Waals surface area contributed by atoms with Crippen molar-refractivity contribution in [3.63, 3.8) is 0 Å². The Morgan fingerprint density at radius 1 is 0.891 bits per heavy atom. The third kappa shape index (κ3) is 9.79. The van der Waals surface area contributed by atoms with Gasteiger partial charge in [-0.15, -0.1) is 5.10 Å². The molecule has 46 heavy (non-hydrogen) atoms. The van der Waals surface area contributed by atoms with Crippen molar-refractivity contribution in [2.75, 3.05) is 10.2 Å². The van der Waals surface area contributed by atoms with Crippen molar-refractivity contribution >= 4 is 58.4 Å². The fourth-order valence-corrected chi connectivity index (χ4v) is 5.10. The molecule has 4 aromatic rings. The summed E-state index contributed by atoms with van der Waals surface area (Å²) in [4.78, 5) is 53.0. The van der Waals surface area contributed by atoms with Gasteiger partial charge in [-0.3, -0.25) is 20.0 Å². The van der Waals surface area contributed by atoms with E-state index in [0.717, 1.165) is 32.9 Å². The Hall–Kier alpha value is -4.92. The summed E-state index contributed by atoms with van der Waals surface area (Å²) in [7, 11) is 0. The number of anilines is 2. The molecule has 0 unspecified atom stereocenters. The monoisotopic (exact) mass is 662 g/mol. The van der Waals surface area contributed by atoms with Crippen molar-refractivity contribution in [3.8, 4) is 0 Å². The van der Waals surface area contributed by atoms with Crippen molar-refractivity contribution in [2.24, 2.45) is 11.7 Å². The molecule has 0 radical (unpaired) electrons. The molecule has 3 aromatic carbocycles. The number of rotatable bonds is 12. The second-order valence-electron chi connectivity index (χ2n) is 10.5. The molecule has 0 saturated heterocycles. The topological polar surface area (TPSA) is 169 Å². The maximum atomic E-state index is 13.8. The molecular formula is C32H34N6O6S2. The van der Waals surface area contributed by atoms with Crippen LogP contribution in [-0.4, -0.2) is 46.3 Å². The molecular weight excluding hydrogens is 629 g/mol. The molecule has 4 amide bonds. The third-order valence-corrected chi connectivity index (χ3v) is 7.74. The first kappa shape index (κ1) is 34.0. The molecule has 0 bridgehead atoms. The number of hydrogen-bond donors (Lipinski definition) is 4.